The highest BCUT2D eigenvalue weighted by atomic mass is 32.2. The Morgan fingerprint density at radius 2 is 2.21 bits per heavy atom. The van der Waals surface area contributed by atoms with Gasteiger partial charge in [0.25, 0.3) is 0 Å². The molecule has 0 aromatic carbocycles. The van der Waals surface area contributed by atoms with Gasteiger partial charge >= 0.3 is 0 Å². The number of aliphatic hydroxyl groups is 1. The van der Waals surface area contributed by atoms with E-state index >= 15 is 0 Å². The largest absolute Gasteiger partial charge is 0.394 e. The summed E-state index contributed by atoms with van der Waals surface area (Å²) >= 11 is 0. The molecule has 1 aromatic rings. The predicted octanol–water partition coefficient (Wildman–Crippen LogP) is 0.185. The van der Waals surface area contributed by atoms with Gasteiger partial charge in [-0.25, -0.2) is 8.42 Å². The van der Waals surface area contributed by atoms with Gasteiger partial charge in [0.05, 0.1) is 23.2 Å². The average Bonchev–Trinajstić information content (AvgIpc) is 2.74. The molecule has 1 N–H and O–H groups in total. The van der Waals surface area contributed by atoms with Crippen LogP contribution in [0.5, 0.6) is 0 Å². The minimum atomic E-state index is -3.53. The summed E-state index contributed by atoms with van der Waals surface area (Å²) < 4.78 is 33.8. The Morgan fingerprint density at radius 1 is 1.53 bits per heavy atom. The van der Waals surface area contributed by atoms with Gasteiger partial charge in [-0.1, -0.05) is 0 Å². The zero-order valence-corrected chi connectivity index (χ0v) is 12.2. The second-order valence-corrected chi connectivity index (χ2v) is 7.43. The van der Waals surface area contributed by atoms with E-state index in [9.17, 15) is 13.5 Å². The van der Waals surface area contributed by atoms with Gasteiger partial charge in [0.2, 0.25) is 10.0 Å². The molecule has 1 saturated heterocycles. The maximum atomic E-state index is 12.5. The smallest absolute Gasteiger partial charge is 0.244 e. The normalized spacial score (nSPS) is 24.5. The summed E-state index contributed by atoms with van der Waals surface area (Å²) in [5.41, 5.74) is -0.604. The van der Waals surface area contributed by atoms with Gasteiger partial charge in [-0.05, 0) is 19.9 Å². The third kappa shape index (κ3) is 3.00. The van der Waals surface area contributed by atoms with Gasteiger partial charge < -0.3 is 14.4 Å². The van der Waals surface area contributed by atoms with Crippen LogP contribution in [-0.4, -0.2) is 53.8 Å². The van der Waals surface area contributed by atoms with E-state index in [1.807, 2.05) is 13.8 Å². The lowest BCUT2D eigenvalue weighted by molar-refractivity contribution is -0.131. The number of aromatic nitrogens is 1. The Balaban J connectivity index is 2.29. The molecule has 1 aliphatic rings. The van der Waals surface area contributed by atoms with E-state index in [-0.39, 0.29) is 24.6 Å². The summed E-state index contributed by atoms with van der Waals surface area (Å²) in [5.74, 6) is 0. The summed E-state index contributed by atoms with van der Waals surface area (Å²) in [7, 11) is -1.76. The Kier molecular flexibility index (Phi) is 3.74. The molecule has 1 fully saturated rings. The number of morpholine rings is 1. The number of rotatable bonds is 3. The van der Waals surface area contributed by atoms with Crippen LogP contribution in [0.4, 0.5) is 0 Å². The molecule has 1 aliphatic heterocycles. The number of sulfonamides is 1. The van der Waals surface area contributed by atoms with Crippen molar-refractivity contribution < 1.29 is 18.3 Å². The predicted molar refractivity (Wildman–Crippen MR) is 70.2 cm³/mol. The van der Waals surface area contributed by atoms with Crippen LogP contribution in [0, 0.1) is 0 Å². The molecule has 7 heteroatoms. The van der Waals surface area contributed by atoms with Gasteiger partial charge in [0.1, 0.15) is 0 Å². The third-order valence-corrected chi connectivity index (χ3v) is 4.89. The number of aryl methyl sites for hydroxylation is 1. The quantitative estimate of drug-likeness (QED) is 0.861. The van der Waals surface area contributed by atoms with Crippen molar-refractivity contribution >= 4 is 10.0 Å². The SMILES string of the molecule is Cn1ccc(S(=O)(=O)N2CC(CO)OC(C)(C)C2)c1. The van der Waals surface area contributed by atoms with Crippen LogP contribution < -0.4 is 0 Å². The van der Waals surface area contributed by atoms with E-state index in [2.05, 4.69) is 0 Å². The molecule has 0 amide bonds. The monoisotopic (exact) mass is 288 g/mol. The first-order valence-electron chi connectivity index (χ1n) is 6.15. The van der Waals surface area contributed by atoms with Crippen molar-refractivity contribution in [2.45, 2.75) is 30.4 Å². The van der Waals surface area contributed by atoms with Crippen LogP contribution in [-0.2, 0) is 21.8 Å². The average molecular weight is 288 g/mol. The first-order valence-corrected chi connectivity index (χ1v) is 7.59. The molecule has 1 unspecified atom stereocenters. The fourth-order valence-electron chi connectivity index (χ4n) is 2.30. The Hall–Kier alpha value is -0.890. The molecule has 2 rings (SSSR count). The molecule has 108 valence electrons. The highest BCUT2D eigenvalue weighted by Gasteiger charge is 2.39. The molecule has 19 heavy (non-hydrogen) atoms. The minimum Gasteiger partial charge on any atom is -0.394 e. The molecule has 0 bridgehead atoms. The van der Waals surface area contributed by atoms with Gasteiger partial charge in [0, 0.05) is 32.5 Å². The number of nitrogens with zero attached hydrogens (tertiary/aromatic N) is 2. The fourth-order valence-corrected chi connectivity index (χ4v) is 3.97. The third-order valence-electron chi connectivity index (χ3n) is 3.10. The molecule has 6 nitrogen and oxygen atoms in total. The van der Waals surface area contributed by atoms with E-state index in [1.54, 1.807) is 30.1 Å². The van der Waals surface area contributed by atoms with Crippen LogP contribution >= 0.6 is 0 Å². The molecule has 2 heterocycles. The maximum absolute atomic E-state index is 12.5. The summed E-state index contributed by atoms with van der Waals surface area (Å²) in [6, 6.07) is 1.58. The molecule has 0 spiro atoms. The Morgan fingerprint density at radius 3 is 2.74 bits per heavy atom. The van der Waals surface area contributed by atoms with Crippen molar-refractivity contribution in [3.63, 3.8) is 0 Å². The van der Waals surface area contributed by atoms with E-state index in [1.165, 1.54) is 4.31 Å². The maximum Gasteiger partial charge on any atom is 0.244 e. The van der Waals surface area contributed by atoms with E-state index in [4.69, 9.17) is 4.74 Å². The zero-order valence-electron chi connectivity index (χ0n) is 11.4. The number of hydrogen-bond donors (Lipinski definition) is 1. The van der Waals surface area contributed by atoms with Crippen molar-refractivity contribution in [3.05, 3.63) is 18.5 Å². The van der Waals surface area contributed by atoms with Gasteiger partial charge in [-0.15, -0.1) is 0 Å². The van der Waals surface area contributed by atoms with E-state index in [0.717, 1.165) is 0 Å². The molecule has 0 saturated carbocycles. The lowest BCUT2D eigenvalue weighted by atomic mass is 10.1. The molecular formula is C12H20N2O4S. The van der Waals surface area contributed by atoms with Gasteiger partial charge in [-0.3, -0.25) is 0 Å². The summed E-state index contributed by atoms with van der Waals surface area (Å²) in [4.78, 5) is 0.268. The first-order chi connectivity index (χ1) is 8.74. The van der Waals surface area contributed by atoms with Crippen LogP contribution in [0.3, 0.4) is 0 Å². The molecule has 0 aliphatic carbocycles. The first kappa shape index (κ1) is 14.5. The fraction of sp³-hybridized carbons (Fsp3) is 0.667. The lowest BCUT2D eigenvalue weighted by Crippen LogP contribution is -2.55. The second-order valence-electron chi connectivity index (χ2n) is 5.49. The highest BCUT2D eigenvalue weighted by molar-refractivity contribution is 7.89. The highest BCUT2D eigenvalue weighted by Crippen LogP contribution is 2.26. The van der Waals surface area contributed by atoms with E-state index < -0.39 is 21.7 Å². The lowest BCUT2D eigenvalue weighted by Gasteiger charge is -2.41. The Labute approximate surface area is 113 Å². The van der Waals surface area contributed by atoms with Crippen molar-refractivity contribution in [1.29, 1.82) is 0 Å². The molecule has 1 atom stereocenters. The van der Waals surface area contributed by atoms with Gasteiger partial charge in [0.15, 0.2) is 0 Å². The summed E-state index contributed by atoms with van der Waals surface area (Å²) in [5, 5.41) is 9.23. The number of ether oxygens (including phenoxy) is 1. The van der Waals surface area contributed by atoms with Crippen molar-refractivity contribution in [2.24, 2.45) is 7.05 Å². The summed E-state index contributed by atoms with van der Waals surface area (Å²) in [6.07, 6.45) is 2.79. The Bertz CT molecular complexity index is 550. The van der Waals surface area contributed by atoms with Crippen LogP contribution in [0.2, 0.25) is 0 Å². The van der Waals surface area contributed by atoms with E-state index in [0.29, 0.717) is 0 Å². The number of aliphatic hydroxyl groups excluding tert-OH is 1. The second kappa shape index (κ2) is 4.90. The summed E-state index contributed by atoms with van der Waals surface area (Å²) in [6.45, 7) is 3.91. The zero-order chi connectivity index (χ0) is 14.3. The van der Waals surface area contributed by atoms with Gasteiger partial charge in [-0.2, -0.15) is 4.31 Å². The van der Waals surface area contributed by atoms with Crippen LogP contribution in [0.25, 0.3) is 0 Å². The van der Waals surface area contributed by atoms with Crippen LogP contribution in [0.1, 0.15) is 13.8 Å². The number of hydrogen-bond acceptors (Lipinski definition) is 4. The minimum absolute atomic E-state index is 0.178. The van der Waals surface area contributed by atoms with Crippen molar-refractivity contribution in [1.82, 2.24) is 8.87 Å². The topological polar surface area (TPSA) is 71.8 Å². The van der Waals surface area contributed by atoms with Crippen molar-refractivity contribution in [3.8, 4) is 0 Å². The molecule has 1 aromatic heterocycles. The van der Waals surface area contributed by atoms with Crippen LogP contribution in [0.15, 0.2) is 23.4 Å². The molecular weight excluding hydrogens is 268 g/mol. The van der Waals surface area contributed by atoms with Crippen molar-refractivity contribution in [2.75, 3.05) is 19.7 Å². The standard InChI is InChI=1S/C12H20N2O4S/c1-12(2)9-14(6-10(8-15)18-12)19(16,17)11-4-5-13(3)7-11/h4-5,7,10,15H,6,8-9H2,1-3H3. The molecule has 0 radical (unpaired) electrons.